The van der Waals surface area contributed by atoms with E-state index in [1.54, 1.807) is 23.1 Å². The highest BCUT2D eigenvalue weighted by Crippen LogP contribution is 2.30. The lowest BCUT2D eigenvalue weighted by Crippen LogP contribution is -2.22. The minimum Gasteiger partial charge on any atom is -0.462 e. The van der Waals surface area contributed by atoms with Crippen molar-refractivity contribution in [1.82, 2.24) is 0 Å². The van der Waals surface area contributed by atoms with Gasteiger partial charge < -0.3 is 19.1 Å². The van der Waals surface area contributed by atoms with Crippen LogP contribution in [0.15, 0.2) is 73.8 Å². The Morgan fingerprint density at radius 1 is 0.943 bits per heavy atom. The van der Waals surface area contributed by atoms with E-state index in [1.165, 1.54) is 6.92 Å². The minimum atomic E-state index is -0.618. The smallest absolute Gasteiger partial charge is 0.335 e. The lowest BCUT2D eigenvalue weighted by atomic mass is 10.1. The molecule has 0 aliphatic carbocycles. The molecule has 1 heterocycles. The summed E-state index contributed by atoms with van der Waals surface area (Å²) in [7, 11) is 0. The molecule has 9 heteroatoms. The number of fused-ring (bicyclic) bond motifs is 1. The van der Waals surface area contributed by atoms with E-state index in [0.717, 1.165) is 17.7 Å². The molecule has 1 aliphatic rings. The van der Waals surface area contributed by atoms with E-state index in [9.17, 15) is 24.0 Å². The number of anilines is 1. The average molecular weight is 479 g/mol. The fraction of sp³-hybridized carbons (Fsp3) is 0.192. The second-order valence-corrected chi connectivity index (χ2v) is 7.14. The molecular weight excluding hydrogens is 454 g/mol. The Kier molecular flexibility index (Phi) is 10.1. The van der Waals surface area contributed by atoms with Crippen molar-refractivity contribution in [2.75, 3.05) is 18.1 Å². The predicted octanol–water partition coefficient (Wildman–Crippen LogP) is 3.18. The quantitative estimate of drug-likeness (QED) is 0.177. The fourth-order valence-corrected chi connectivity index (χ4v) is 2.95. The number of hydrogen-bond acceptors (Lipinski definition) is 8. The Morgan fingerprint density at radius 2 is 1.63 bits per heavy atom. The van der Waals surface area contributed by atoms with Gasteiger partial charge in [-0.25, -0.2) is 9.59 Å². The number of rotatable bonds is 9. The van der Waals surface area contributed by atoms with Crippen LogP contribution in [0.2, 0.25) is 0 Å². The van der Waals surface area contributed by atoms with E-state index >= 15 is 0 Å². The third kappa shape index (κ3) is 8.39. The molecule has 3 rings (SSSR count). The molecule has 1 aliphatic heterocycles. The highest BCUT2D eigenvalue weighted by atomic mass is 16.6. The zero-order chi connectivity index (χ0) is 25.8. The minimum absolute atomic E-state index is 0.0332. The van der Waals surface area contributed by atoms with Crippen LogP contribution in [0, 0.1) is 0 Å². The summed E-state index contributed by atoms with van der Waals surface area (Å²) < 4.78 is 14.2. The molecule has 0 bridgehead atoms. The number of Topliss-reactive ketones (excluding diaryl/α,β-unsaturated/α-hetero) is 1. The molecule has 35 heavy (non-hydrogen) atoms. The molecule has 2 aromatic carbocycles. The summed E-state index contributed by atoms with van der Waals surface area (Å²) in [5.41, 5.74) is 2.41. The maximum atomic E-state index is 12.4. The van der Waals surface area contributed by atoms with Crippen molar-refractivity contribution < 1.29 is 38.2 Å². The second kappa shape index (κ2) is 13.2. The number of esters is 3. The molecule has 182 valence electrons. The molecule has 9 nitrogen and oxygen atoms in total. The van der Waals surface area contributed by atoms with Gasteiger partial charge >= 0.3 is 17.9 Å². The van der Waals surface area contributed by atoms with Crippen LogP contribution in [0.1, 0.15) is 29.3 Å². The van der Waals surface area contributed by atoms with Gasteiger partial charge in [-0.05, 0) is 30.7 Å². The topological polar surface area (TPSA) is 116 Å². The van der Waals surface area contributed by atoms with Gasteiger partial charge in [-0.15, -0.1) is 0 Å². The third-order valence-corrected chi connectivity index (χ3v) is 4.49. The SMILES string of the molecule is C=CC(=O)OCCOC(=O)CC(C)=O.C=CC(=O)Oc1cccc(N2Cc3ccccc3C2=O)c1. The number of carbonyl (C=O) groups is 5. The zero-order valence-electron chi connectivity index (χ0n) is 19.2. The normalized spacial score (nSPS) is 11.3. The van der Waals surface area contributed by atoms with Gasteiger partial charge in [-0.3, -0.25) is 14.4 Å². The molecule has 0 spiro atoms. The molecule has 0 atom stereocenters. The first-order chi connectivity index (χ1) is 16.7. The maximum Gasteiger partial charge on any atom is 0.335 e. The van der Waals surface area contributed by atoms with Crippen LogP contribution in [0.4, 0.5) is 5.69 Å². The number of amides is 1. The highest BCUT2D eigenvalue weighted by molar-refractivity contribution is 6.10. The Hall–Kier alpha value is -4.53. The lowest BCUT2D eigenvalue weighted by molar-refractivity contribution is -0.151. The van der Waals surface area contributed by atoms with Crippen molar-refractivity contribution in [3.05, 3.63) is 85.0 Å². The first kappa shape index (κ1) is 26.7. The van der Waals surface area contributed by atoms with Crippen molar-refractivity contribution in [3.8, 4) is 5.75 Å². The molecule has 0 saturated carbocycles. The summed E-state index contributed by atoms with van der Waals surface area (Å²) in [4.78, 5) is 57.0. The third-order valence-electron chi connectivity index (χ3n) is 4.49. The van der Waals surface area contributed by atoms with Crippen LogP contribution >= 0.6 is 0 Å². The molecule has 0 N–H and O–H groups in total. The standard InChI is InChI=1S/C17H13NO3.C9H12O5/c1-2-16(19)21-14-8-5-7-13(10-14)18-11-12-6-3-4-9-15(12)17(18)20;1-3-8(11)13-4-5-14-9(12)6-7(2)10/h2-10H,1,11H2;3H,1,4-6H2,2H3. The number of carbonyl (C=O) groups excluding carboxylic acids is 5. The molecule has 0 saturated heterocycles. The number of ether oxygens (including phenoxy) is 3. The van der Waals surface area contributed by atoms with Gasteiger partial charge in [0.15, 0.2) is 0 Å². The summed E-state index contributed by atoms with van der Waals surface area (Å²) in [5.74, 6) is -1.64. The summed E-state index contributed by atoms with van der Waals surface area (Å²) in [6.07, 6.45) is 1.86. The predicted molar refractivity (Wildman–Crippen MR) is 127 cm³/mol. The monoisotopic (exact) mass is 479 g/mol. The first-order valence-corrected chi connectivity index (χ1v) is 10.5. The van der Waals surface area contributed by atoms with Crippen LogP contribution in [-0.2, 0) is 35.2 Å². The van der Waals surface area contributed by atoms with Crippen molar-refractivity contribution in [2.24, 2.45) is 0 Å². The summed E-state index contributed by atoms with van der Waals surface area (Å²) in [5, 5.41) is 0. The molecule has 0 aromatic heterocycles. The van der Waals surface area contributed by atoms with Gasteiger partial charge in [0, 0.05) is 29.5 Å². The Bertz CT molecular complexity index is 1140. The van der Waals surface area contributed by atoms with Gasteiger partial charge in [0.1, 0.15) is 31.2 Å². The van der Waals surface area contributed by atoms with Crippen LogP contribution in [-0.4, -0.2) is 42.8 Å². The fourth-order valence-electron chi connectivity index (χ4n) is 2.95. The van der Waals surface area contributed by atoms with Crippen LogP contribution < -0.4 is 9.64 Å². The van der Waals surface area contributed by atoms with E-state index in [2.05, 4.69) is 22.6 Å². The number of benzene rings is 2. The summed E-state index contributed by atoms with van der Waals surface area (Å²) in [6.45, 7) is 8.27. The molecule has 0 unspecified atom stereocenters. The molecule has 2 aromatic rings. The van der Waals surface area contributed by atoms with Gasteiger partial charge in [0.2, 0.25) is 0 Å². The first-order valence-electron chi connectivity index (χ1n) is 10.5. The summed E-state index contributed by atoms with van der Waals surface area (Å²) >= 11 is 0. The van der Waals surface area contributed by atoms with Crippen molar-refractivity contribution in [1.29, 1.82) is 0 Å². The molecular formula is C26H25NO8. The number of ketones is 1. The van der Waals surface area contributed by atoms with Crippen LogP contribution in [0.5, 0.6) is 5.75 Å². The molecule has 0 fully saturated rings. The largest absolute Gasteiger partial charge is 0.462 e. The zero-order valence-corrected chi connectivity index (χ0v) is 19.2. The van der Waals surface area contributed by atoms with Gasteiger partial charge in [0.25, 0.3) is 5.91 Å². The van der Waals surface area contributed by atoms with Crippen LogP contribution in [0.25, 0.3) is 0 Å². The van der Waals surface area contributed by atoms with Crippen molar-refractivity contribution in [3.63, 3.8) is 0 Å². The Morgan fingerprint density at radius 3 is 2.29 bits per heavy atom. The number of hydrogen-bond donors (Lipinski definition) is 0. The van der Waals surface area contributed by atoms with E-state index in [1.807, 2.05) is 30.3 Å². The molecule has 0 radical (unpaired) electrons. The van der Waals surface area contributed by atoms with Gasteiger partial charge in [0.05, 0.1) is 6.54 Å². The van der Waals surface area contributed by atoms with E-state index < -0.39 is 17.9 Å². The second-order valence-electron chi connectivity index (χ2n) is 7.14. The van der Waals surface area contributed by atoms with E-state index in [4.69, 9.17) is 4.74 Å². The maximum absolute atomic E-state index is 12.4. The number of nitrogens with zero attached hydrogens (tertiary/aromatic N) is 1. The average Bonchev–Trinajstić information content (AvgIpc) is 3.18. The Balaban J connectivity index is 0.000000271. The lowest BCUT2D eigenvalue weighted by Gasteiger charge is -2.16. The van der Waals surface area contributed by atoms with E-state index in [-0.39, 0.29) is 31.3 Å². The van der Waals surface area contributed by atoms with Gasteiger partial charge in [-0.2, -0.15) is 0 Å². The van der Waals surface area contributed by atoms with Crippen molar-refractivity contribution >= 4 is 35.3 Å². The van der Waals surface area contributed by atoms with Crippen LogP contribution in [0.3, 0.4) is 0 Å². The van der Waals surface area contributed by atoms with E-state index in [0.29, 0.717) is 23.5 Å². The Labute approximate surface area is 202 Å². The van der Waals surface area contributed by atoms with Crippen molar-refractivity contribution in [2.45, 2.75) is 19.9 Å². The van der Waals surface area contributed by atoms with Gasteiger partial charge in [-0.1, -0.05) is 37.4 Å². The summed E-state index contributed by atoms with van der Waals surface area (Å²) in [6, 6.07) is 14.4. The molecule has 1 amide bonds. The highest BCUT2D eigenvalue weighted by Gasteiger charge is 2.28.